The molecule has 2 heterocycles. The molecule has 0 spiro atoms. The number of fused-ring (bicyclic) bond motifs is 1. The summed E-state index contributed by atoms with van der Waals surface area (Å²) in [4.78, 5) is 47.5. The molecule has 0 saturated carbocycles. The Labute approximate surface area is 174 Å². The zero-order chi connectivity index (χ0) is 21.7. The van der Waals surface area contributed by atoms with E-state index < -0.39 is 5.97 Å². The van der Waals surface area contributed by atoms with Crippen molar-refractivity contribution in [3.63, 3.8) is 0 Å². The molecule has 7 nitrogen and oxygen atoms in total. The SMILES string of the molecule is C=C(CCC(C)=O)C(=O)Cc1cccc(-c2ncnc3[nH]cc(C(=O)OCC)c23)c1. The number of carbonyl (C=O) groups is 3. The van der Waals surface area contributed by atoms with Crippen molar-refractivity contribution in [2.24, 2.45) is 0 Å². The van der Waals surface area contributed by atoms with Gasteiger partial charge in [-0.1, -0.05) is 24.8 Å². The Hall–Kier alpha value is -3.61. The number of ether oxygens (including phenoxy) is 1. The maximum absolute atomic E-state index is 12.5. The minimum Gasteiger partial charge on any atom is -0.462 e. The summed E-state index contributed by atoms with van der Waals surface area (Å²) in [6.45, 7) is 7.31. The Balaban J connectivity index is 1.91. The first-order chi connectivity index (χ1) is 14.4. The van der Waals surface area contributed by atoms with Crippen LogP contribution >= 0.6 is 0 Å². The second-order valence-electron chi connectivity index (χ2n) is 6.97. The fourth-order valence-electron chi connectivity index (χ4n) is 3.16. The van der Waals surface area contributed by atoms with E-state index in [9.17, 15) is 14.4 Å². The third-order valence-corrected chi connectivity index (χ3v) is 4.70. The van der Waals surface area contributed by atoms with E-state index in [1.165, 1.54) is 13.3 Å². The number of hydrogen-bond donors (Lipinski definition) is 1. The molecule has 0 fully saturated rings. The summed E-state index contributed by atoms with van der Waals surface area (Å²) < 4.78 is 5.13. The van der Waals surface area contributed by atoms with Gasteiger partial charge in [0.1, 0.15) is 17.8 Å². The first kappa shape index (κ1) is 21.1. The number of Topliss-reactive ketones (excluding diaryl/α,β-unsaturated/α-hetero) is 2. The molecule has 3 aromatic rings. The molecule has 154 valence electrons. The predicted octanol–water partition coefficient (Wildman–Crippen LogP) is 3.84. The number of hydrogen-bond acceptors (Lipinski definition) is 6. The predicted molar refractivity (Wildman–Crippen MR) is 113 cm³/mol. The average Bonchev–Trinajstić information content (AvgIpc) is 3.16. The molecule has 0 saturated heterocycles. The summed E-state index contributed by atoms with van der Waals surface area (Å²) in [7, 11) is 0. The van der Waals surface area contributed by atoms with Crippen molar-refractivity contribution in [1.82, 2.24) is 15.0 Å². The monoisotopic (exact) mass is 405 g/mol. The summed E-state index contributed by atoms with van der Waals surface area (Å²) in [5.41, 5.74) is 3.46. The first-order valence-electron chi connectivity index (χ1n) is 9.69. The minimum atomic E-state index is -0.451. The zero-order valence-corrected chi connectivity index (χ0v) is 17.0. The van der Waals surface area contributed by atoms with Gasteiger partial charge < -0.3 is 14.5 Å². The average molecular weight is 405 g/mol. The molecule has 0 aliphatic carbocycles. The highest BCUT2D eigenvalue weighted by Gasteiger charge is 2.19. The van der Waals surface area contributed by atoms with Crippen LogP contribution in [0.3, 0.4) is 0 Å². The maximum Gasteiger partial charge on any atom is 0.340 e. The quantitative estimate of drug-likeness (QED) is 0.429. The van der Waals surface area contributed by atoms with Crippen molar-refractivity contribution in [3.05, 3.63) is 60.1 Å². The summed E-state index contributed by atoms with van der Waals surface area (Å²) in [5, 5.41) is 0.574. The molecule has 0 atom stereocenters. The van der Waals surface area contributed by atoms with Crippen molar-refractivity contribution >= 4 is 28.6 Å². The van der Waals surface area contributed by atoms with Gasteiger partial charge in [0.15, 0.2) is 5.78 Å². The third kappa shape index (κ3) is 4.68. The Morgan fingerprint density at radius 1 is 1.17 bits per heavy atom. The Bertz CT molecular complexity index is 1130. The number of nitrogens with zero attached hydrogens (tertiary/aromatic N) is 2. The van der Waals surface area contributed by atoms with Gasteiger partial charge in [-0.3, -0.25) is 4.79 Å². The lowest BCUT2D eigenvalue weighted by Crippen LogP contribution is -2.07. The lowest BCUT2D eigenvalue weighted by atomic mass is 9.97. The largest absolute Gasteiger partial charge is 0.462 e. The van der Waals surface area contributed by atoms with Crippen molar-refractivity contribution in [3.8, 4) is 11.3 Å². The lowest BCUT2D eigenvalue weighted by molar-refractivity contribution is -0.117. The van der Waals surface area contributed by atoms with E-state index in [1.54, 1.807) is 13.1 Å². The zero-order valence-electron chi connectivity index (χ0n) is 17.0. The number of benzene rings is 1. The number of carbonyl (C=O) groups excluding carboxylic acids is 3. The molecule has 0 unspecified atom stereocenters. The number of aromatic amines is 1. The van der Waals surface area contributed by atoms with E-state index >= 15 is 0 Å². The molecule has 0 aliphatic rings. The van der Waals surface area contributed by atoms with Crippen molar-refractivity contribution < 1.29 is 19.1 Å². The molecule has 0 aliphatic heterocycles. The molecule has 0 radical (unpaired) electrons. The van der Waals surface area contributed by atoms with Gasteiger partial charge in [-0.2, -0.15) is 0 Å². The smallest absolute Gasteiger partial charge is 0.340 e. The Kier molecular flexibility index (Phi) is 6.51. The van der Waals surface area contributed by atoms with Crippen molar-refractivity contribution in [2.75, 3.05) is 6.61 Å². The highest BCUT2D eigenvalue weighted by Crippen LogP contribution is 2.29. The number of ketones is 2. The fourth-order valence-corrected chi connectivity index (χ4v) is 3.16. The van der Waals surface area contributed by atoms with E-state index in [0.717, 1.165) is 11.1 Å². The van der Waals surface area contributed by atoms with Gasteiger partial charge in [-0.15, -0.1) is 0 Å². The number of esters is 1. The van der Waals surface area contributed by atoms with Crippen molar-refractivity contribution in [2.45, 2.75) is 33.1 Å². The molecular weight excluding hydrogens is 382 g/mol. The summed E-state index contributed by atoms with van der Waals surface area (Å²) >= 11 is 0. The topological polar surface area (TPSA) is 102 Å². The standard InChI is InChI=1S/C23H23N3O4/c1-4-30-23(29)18-12-24-22-20(18)21(25-13-26-22)17-7-5-6-16(10-17)11-19(28)14(2)8-9-15(3)27/h5-7,10,12-13H,2,4,8-9,11H2,1,3H3,(H,24,25,26). The normalized spacial score (nSPS) is 10.7. The van der Waals surface area contributed by atoms with Gasteiger partial charge in [0.05, 0.1) is 23.3 Å². The van der Waals surface area contributed by atoms with Gasteiger partial charge >= 0.3 is 5.97 Å². The molecule has 0 amide bonds. The molecule has 2 aromatic heterocycles. The summed E-state index contributed by atoms with van der Waals surface area (Å²) in [6, 6.07) is 7.41. The molecule has 1 N–H and O–H groups in total. The van der Waals surface area contributed by atoms with Gasteiger partial charge in [-0.25, -0.2) is 14.8 Å². The molecule has 1 aromatic carbocycles. The Morgan fingerprint density at radius 3 is 2.70 bits per heavy atom. The summed E-state index contributed by atoms with van der Waals surface area (Å²) in [5.74, 6) is -0.523. The maximum atomic E-state index is 12.5. The van der Waals surface area contributed by atoms with Crippen LogP contribution in [0.1, 0.15) is 42.6 Å². The van der Waals surface area contributed by atoms with Crippen LogP contribution in [0.15, 0.2) is 48.9 Å². The van der Waals surface area contributed by atoms with Gasteiger partial charge in [0.25, 0.3) is 0 Å². The van der Waals surface area contributed by atoms with E-state index in [0.29, 0.717) is 40.7 Å². The molecule has 0 bridgehead atoms. The van der Waals surface area contributed by atoms with Crippen LogP contribution in [0.2, 0.25) is 0 Å². The molecule has 3 rings (SSSR count). The highest BCUT2D eigenvalue weighted by atomic mass is 16.5. The second kappa shape index (κ2) is 9.26. The van der Waals surface area contributed by atoms with Crippen molar-refractivity contribution in [1.29, 1.82) is 0 Å². The van der Waals surface area contributed by atoms with Crippen LogP contribution in [0.25, 0.3) is 22.3 Å². The highest BCUT2D eigenvalue weighted by molar-refractivity contribution is 6.08. The second-order valence-corrected chi connectivity index (χ2v) is 6.97. The lowest BCUT2D eigenvalue weighted by Gasteiger charge is -2.08. The summed E-state index contributed by atoms with van der Waals surface area (Å²) in [6.07, 6.45) is 3.84. The first-order valence-corrected chi connectivity index (χ1v) is 9.69. The van der Waals surface area contributed by atoms with Crippen LogP contribution in [0, 0.1) is 0 Å². The van der Waals surface area contributed by atoms with E-state index in [1.807, 2.05) is 24.3 Å². The van der Waals surface area contributed by atoms with Crippen LogP contribution in [0.5, 0.6) is 0 Å². The van der Waals surface area contributed by atoms with Crippen LogP contribution in [0.4, 0.5) is 0 Å². The molecule has 30 heavy (non-hydrogen) atoms. The van der Waals surface area contributed by atoms with Gasteiger partial charge in [0, 0.05) is 24.6 Å². The molecular formula is C23H23N3O4. The third-order valence-electron chi connectivity index (χ3n) is 4.70. The number of allylic oxidation sites excluding steroid dienone is 1. The van der Waals surface area contributed by atoms with Gasteiger partial charge in [0.2, 0.25) is 0 Å². The number of rotatable bonds is 9. The van der Waals surface area contributed by atoms with E-state index in [4.69, 9.17) is 4.74 Å². The Morgan fingerprint density at radius 2 is 1.97 bits per heavy atom. The van der Waals surface area contributed by atoms with E-state index in [-0.39, 0.29) is 24.6 Å². The van der Waals surface area contributed by atoms with E-state index in [2.05, 4.69) is 21.5 Å². The number of H-pyrrole nitrogens is 1. The molecule has 7 heteroatoms. The van der Waals surface area contributed by atoms with Gasteiger partial charge in [-0.05, 0) is 37.5 Å². The minimum absolute atomic E-state index is 0.0302. The van der Waals surface area contributed by atoms with Crippen LogP contribution in [-0.2, 0) is 20.7 Å². The number of nitrogens with one attached hydrogen (secondary N) is 1. The fraction of sp³-hybridized carbons (Fsp3) is 0.261. The van der Waals surface area contributed by atoms with Crippen LogP contribution < -0.4 is 0 Å². The number of aromatic nitrogens is 3. The van der Waals surface area contributed by atoms with Crippen LogP contribution in [-0.4, -0.2) is 39.1 Å².